The molecule has 0 aliphatic carbocycles. The monoisotopic (exact) mass is 330 g/mol. The number of hydrogen-bond acceptors (Lipinski definition) is 5. The lowest BCUT2D eigenvalue weighted by Gasteiger charge is -2.16. The van der Waals surface area contributed by atoms with E-state index >= 15 is 0 Å². The van der Waals surface area contributed by atoms with E-state index in [4.69, 9.17) is 9.47 Å². The van der Waals surface area contributed by atoms with Crippen LogP contribution in [0.1, 0.15) is 12.5 Å². The summed E-state index contributed by atoms with van der Waals surface area (Å²) in [5.74, 6) is 0.815. The fourth-order valence-corrected chi connectivity index (χ4v) is 2.00. The van der Waals surface area contributed by atoms with Crippen molar-refractivity contribution in [2.24, 2.45) is 0 Å². The highest BCUT2D eigenvalue weighted by atomic mass is 16.6. The third-order valence-corrected chi connectivity index (χ3v) is 3.43. The van der Waals surface area contributed by atoms with Crippen molar-refractivity contribution in [3.63, 3.8) is 0 Å². The number of carbonyl (C=O) groups is 1. The highest BCUT2D eigenvalue weighted by molar-refractivity contribution is 5.95. The summed E-state index contributed by atoms with van der Waals surface area (Å²) in [7, 11) is 1.56. The minimum absolute atomic E-state index is 0.0837. The lowest BCUT2D eigenvalue weighted by atomic mass is 10.1. The van der Waals surface area contributed by atoms with Gasteiger partial charge in [-0.3, -0.25) is 14.9 Å². The van der Waals surface area contributed by atoms with Crippen molar-refractivity contribution in [2.45, 2.75) is 20.0 Å². The Kier molecular flexibility index (Phi) is 5.36. The van der Waals surface area contributed by atoms with Crippen LogP contribution >= 0.6 is 0 Å². The van der Waals surface area contributed by atoms with Gasteiger partial charge in [-0.25, -0.2) is 0 Å². The molecular formula is C17H18N2O5. The number of benzene rings is 2. The number of methoxy groups -OCH3 is 1. The number of anilines is 1. The molecule has 0 heterocycles. The van der Waals surface area contributed by atoms with Crippen molar-refractivity contribution in [1.29, 1.82) is 0 Å². The number of carbonyl (C=O) groups excluding carboxylic acids is 1. The molecule has 24 heavy (non-hydrogen) atoms. The molecule has 7 nitrogen and oxygen atoms in total. The zero-order valence-electron chi connectivity index (χ0n) is 13.6. The number of nitrogens with zero attached hydrogens (tertiary/aromatic N) is 1. The lowest BCUT2D eigenvalue weighted by Crippen LogP contribution is -2.30. The topological polar surface area (TPSA) is 90.7 Å². The second kappa shape index (κ2) is 7.45. The maximum atomic E-state index is 12.2. The third kappa shape index (κ3) is 4.22. The number of amides is 1. The molecule has 0 saturated heterocycles. The van der Waals surface area contributed by atoms with Crippen LogP contribution in [-0.2, 0) is 4.79 Å². The predicted octanol–water partition coefficient (Wildman–Crippen LogP) is 3.32. The van der Waals surface area contributed by atoms with Crippen LogP contribution in [0.15, 0.2) is 42.5 Å². The molecular weight excluding hydrogens is 312 g/mol. The van der Waals surface area contributed by atoms with E-state index in [-0.39, 0.29) is 5.69 Å². The number of nitrogens with one attached hydrogen (secondary N) is 1. The lowest BCUT2D eigenvalue weighted by molar-refractivity contribution is -0.384. The molecule has 0 bridgehead atoms. The summed E-state index contributed by atoms with van der Waals surface area (Å²) in [5, 5.41) is 13.5. The molecule has 0 radical (unpaired) electrons. The van der Waals surface area contributed by atoms with Crippen LogP contribution in [0.4, 0.5) is 11.4 Å². The molecule has 2 aromatic rings. The number of non-ortho nitro benzene ring substituents is 1. The molecule has 0 unspecified atom stereocenters. The fraction of sp³-hybridized carbons (Fsp3) is 0.235. The van der Waals surface area contributed by atoms with Crippen LogP contribution in [0.5, 0.6) is 11.5 Å². The van der Waals surface area contributed by atoms with E-state index < -0.39 is 16.9 Å². The van der Waals surface area contributed by atoms with E-state index in [1.165, 1.54) is 12.1 Å². The van der Waals surface area contributed by atoms with E-state index in [0.29, 0.717) is 17.2 Å². The van der Waals surface area contributed by atoms with Crippen molar-refractivity contribution < 1.29 is 19.2 Å². The van der Waals surface area contributed by atoms with Crippen LogP contribution in [0.25, 0.3) is 0 Å². The van der Waals surface area contributed by atoms with E-state index in [0.717, 1.165) is 5.56 Å². The summed E-state index contributed by atoms with van der Waals surface area (Å²) in [6.45, 7) is 3.36. The van der Waals surface area contributed by atoms with Crippen molar-refractivity contribution in [1.82, 2.24) is 0 Å². The zero-order chi connectivity index (χ0) is 17.7. The first-order valence-corrected chi connectivity index (χ1v) is 7.27. The van der Waals surface area contributed by atoms with Crippen LogP contribution in [0.2, 0.25) is 0 Å². The summed E-state index contributed by atoms with van der Waals surface area (Å²) in [6, 6.07) is 11.1. The van der Waals surface area contributed by atoms with Gasteiger partial charge in [0, 0.05) is 12.1 Å². The summed E-state index contributed by atoms with van der Waals surface area (Å²) in [5.41, 5.74) is 1.03. The predicted molar refractivity (Wildman–Crippen MR) is 89.5 cm³/mol. The van der Waals surface area contributed by atoms with Crippen molar-refractivity contribution in [3.05, 3.63) is 58.1 Å². The maximum Gasteiger partial charge on any atom is 0.271 e. The summed E-state index contributed by atoms with van der Waals surface area (Å²) in [4.78, 5) is 22.6. The Morgan fingerprint density at radius 2 is 1.79 bits per heavy atom. The average molecular weight is 330 g/mol. The van der Waals surface area contributed by atoms with Gasteiger partial charge < -0.3 is 14.8 Å². The van der Waals surface area contributed by atoms with Gasteiger partial charge in [0.05, 0.1) is 17.7 Å². The van der Waals surface area contributed by atoms with Crippen LogP contribution in [0, 0.1) is 17.0 Å². The third-order valence-electron chi connectivity index (χ3n) is 3.43. The Hall–Kier alpha value is -3.09. The highest BCUT2D eigenvalue weighted by Gasteiger charge is 2.17. The van der Waals surface area contributed by atoms with Crippen LogP contribution in [0.3, 0.4) is 0 Å². The van der Waals surface area contributed by atoms with Gasteiger partial charge >= 0.3 is 0 Å². The molecule has 2 rings (SSSR count). The number of nitro groups is 1. The molecule has 0 aromatic heterocycles. The smallest absolute Gasteiger partial charge is 0.271 e. The van der Waals surface area contributed by atoms with Gasteiger partial charge in [-0.15, -0.1) is 0 Å². The van der Waals surface area contributed by atoms with E-state index in [1.54, 1.807) is 51.3 Å². The Bertz CT molecular complexity index is 743. The SMILES string of the molecule is COc1ccc(O[C@H](C)C(=O)Nc2cc([N+](=O)[O-])ccc2C)cc1. The second-order valence-electron chi connectivity index (χ2n) is 5.18. The molecule has 0 fully saturated rings. The Labute approximate surface area is 139 Å². The molecule has 126 valence electrons. The molecule has 2 aromatic carbocycles. The second-order valence-corrected chi connectivity index (χ2v) is 5.18. The Morgan fingerprint density at radius 1 is 1.17 bits per heavy atom. The van der Waals surface area contributed by atoms with Gasteiger partial charge in [0.2, 0.25) is 0 Å². The van der Waals surface area contributed by atoms with E-state index in [2.05, 4.69) is 5.32 Å². The molecule has 0 aliphatic rings. The van der Waals surface area contributed by atoms with E-state index in [9.17, 15) is 14.9 Å². The van der Waals surface area contributed by atoms with Gasteiger partial charge in [0.15, 0.2) is 6.10 Å². The Morgan fingerprint density at radius 3 is 2.38 bits per heavy atom. The van der Waals surface area contributed by atoms with Crippen molar-refractivity contribution >= 4 is 17.3 Å². The first-order valence-electron chi connectivity index (χ1n) is 7.27. The summed E-state index contributed by atoms with van der Waals surface area (Å²) in [6.07, 6.45) is -0.767. The molecule has 0 saturated carbocycles. The molecule has 7 heteroatoms. The number of ether oxygens (including phenoxy) is 2. The zero-order valence-corrected chi connectivity index (χ0v) is 13.6. The number of aryl methyl sites for hydroxylation is 1. The van der Waals surface area contributed by atoms with Crippen LogP contribution in [-0.4, -0.2) is 24.0 Å². The number of nitro benzene ring substituents is 1. The quantitative estimate of drug-likeness (QED) is 0.648. The average Bonchev–Trinajstić information content (AvgIpc) is 2.57. The van der Waals surface area contributed by atoms with Gasteiger partial charge in [0.25, 0.3) is 11.6 Å². The Balaban J connectivity index is 2.05. The normalized spacial score (nSPS) is 11.5. The van der Waals surface area contributed by atoms with Gasteiger partial charge in [-0.05, 0) is 43.7 Å². The van der Waals surface area contributed by atoms with Gasteiger partial charge in [-0.1, -0.05) is 6.07 Å². The van der Waals surface area contributed by atoms with Gasteiger partial charge in [-0.2, -0.15) is 0 Å². The van der Waals surface area contributed by atoms with Crippen molar-refractivity contribution in [3.8, 4) is 11.5 Å². The van der Waals surface area contributed by atoms with Gasteiger partial charge in [0.1, 0.15) is 11.5 Å². The van der Waals surface area contributed by atoms with Crippen molar-refractivity contribution in [2.75, 3.05) is 12.4 Å². The first kappa shape index (κ1) is 17.3. The first-order chi connectivity index (χ1) is 11.4. The largest absolute Gasteiger partial charge is 0.497 e. The fourth-order valence-electron chi connectivity index (χ4n) is 2.00. The molecule has 0 spiro atoms. The summed E-state index contributed by atoms with van der Waals surface area (Å²) < 4.78 is 10.6. The molecule has 1 N–H and O–H groups in total. The number of rotatable bonds is 6. The minimum atomic E-state index is -0.767. The number of hydrogen-bond donors (Lipinski definition) is 1. The standard InChI is InChI=1S/C17H18N2O5/c1-11-4-5-13(19(21)22)10-16(11)18-17(20)12(2)24-15-8-6-14(23-3)7-9-15/h4-10,12H,1-3H3,(H,18,20)/t12-/m1/s1. The van der Waals surface area contributed by atoms with Crippen LogP contribution < -0.4 is 14.8 Å². The molecule has 0 aliphatic heterocycles. The molecule has 1 amide bonds. The summed E-state index contributed by atoms with van der Waals surface area (Å²) >= 11 is 0. The molecule has 1 atom stereocenters. The highest BCUT2D eigenvalue weighted by Crippen LogP contribution is 2.23. The minimum Gasteiger partial charge on any atom is -0.497 e. The maximum absolute atomic E-state index is 12.2. The van der Waals surface area contributed by atoms with E-state index in [1.807, 2.05) is 0 Å².